The maximum atomic E-state index is 12.5. The summed E-state index contributed by atoms with van der Waals surface area (Å²) >= 11 is 0. The molecule has 0 unspecified atom stereocenters. The molecule has 2 heterocycles. The first-order chi connectivity index (χ1) is 11.7. The Hall–Kier alpha value is -2.56. The molecule has 2 N–H and O–H groups in total. The van der Waals surface area contributed by atoms with Crippen LogP contribution < -0.4 is 15.8 Å². The molecule has 0 radical (unpaired) electrons. The summed E-state index contributed by atoms with van der Waals surface area (Å²) in [5.41, 5.74) is 4.42. The van der Waals surface area contributed by atoms with E-state index in [0.29, 0.717) is 6.54 Å². The molecule has 0 saturated heterocycles. The van der Waals surface area contributed by atoms with Crippen molar-refractivity contribution < 1.29 is 4.79 Å². The lowest BCUT2D eigenvalue weighted by atomic mass is 9.91. The van der Waals surface area contributed by atoms with Crippen LogP contribution in [0.15, 0.2) is 41.2 Å². The third kappa shape index (κ3) is 2.82. The number of para-hydroxylation sites is 1. The summed E-state index contributed by atoms with van der Waals surface area (Å²) in [6, 6.07) is 11.7. The molecule has 0 saturated carbocycles. The SMILES string of the molecule is O=C(CN1CCc2ccccc21)N[C@@H]1CCCc2[nH]c(=O)ccc21. The van der Waals surface area contributed by atoms with Gasteiger partial charge in [0.1, 0.15) is 0 Å². The van der Waals surface area contributed by atoms with E-state index in [2.05, 4.69) is 27.3 Å². The van der Waals surface area contributed by atoms with Crippen molar-refractivity contribution in [3.05, 3.63) is 63.6 Å². The van der Waals surface area contributed by atoms with Gasteiger partial charge in [-0.25, -0.2) is 0 Å². The molecule has 0 fully saturated rings. The monoisotopic (exact) mass is 323 g/mol. The van der Waals surface area contributed by atoms with Crippen LogP contribution in [-0.4, -0.2) is 24.0 Å². The van der Waals surface area contributed by atoms with Gasteiger partial charge in [0.2, 0.25) is 11.5 Å². The standard InChI is InChI=1S/C19H21N3O2/c23-18-9-8-14-15(20-18)5-3-6-16(14)21-19(24)12-22-11-10-13-4-1-2-7-17(13)22/h1-2,4,7-9,16H,3,5-6,10-12H2,(H,20,23)(H,21,24)/t16-/m1/s1. The second kappa shape index (κ2) is 6.15. The van der Waals surface area contributed by atoms with Crippen molar-refractivity contribution in [2.24, 2.45) is 0 Å². The summed E-state index contributed by atoms with van der Waals surface area (Å²) in [5.74, 6) is 0.0377. The van der Waals surface area contributed by atoms with Crippen molar-refractivity contribution in [2.75, 3.05) is 18.0 Å². The summed E-state index contributed by atoms with van der Waals surface area (Å²) in [6.07, 6.45) is 3.76. The van der Waals surface area contributed by atoms with E-state index in [-0.39, 0.29) is 17.5 Å². The van der Waals surface area contributed by atoms with E-state index in [1.165, 1.54) is 11.3 Å². The fourth-order valence-corrected chi connectivity index (χ4v) is 3.83. The Morgan fingerprint density at radius 3 is 3.00 bits per heavy atom. The van der Waals surface area contributed by atoms with E-state index in [1.54, 1.807) is 6.07 Å². The number of rotatable bonds is 3. The number of nitrogens with one attached hydrogen (secondary N) is 2. The van der Waals surface area contributed by atoms with Crippen LogP contribution in [0.3, 0.4) is 0 Å². The van der Waals surface area contributed by atoms with Gasteiger partial charge < -0.3 is 15.2 Å². The first kappa shape index (κ1) is 15.0. The smallest absolute Gasteiger partial charge is 0.248 e. The normalized spacial score (nSPS) is 18.8. The number of aryl methyl sites for hydroxylation is 1. The van der Waals surface area contributed by atoms with Gasteiger partial charge in [-0.2, -0.15) is 0 Å². The number of fused-ring (bicyclic) bond motifs is 2. The van der Waals surface area contributed by atoms with E-state index in [0.717, 1.165) is 43.5 Å². The number of aromatic amines is 1. The Morgan fingerprint density at radius 2 is 2.08 bits per heavy atom. The Morgan fingerprint density at radius 1 is 1.21 bits per heavy atom. The Labute approximate surface area is 140 Å². The Kier molecular flexibility index (Phi) is 3.84. The molecule has 24 heavy (non-hydrogen) atoms. The predicted molar refractivity (Wildman–Crippen MR) is 93.2 cm³/mol. The zero-order valence-corrected chi connectivity index (χ0v) is 13.5. The van der Waals surface area contributed by atoms with Gasteiger partial charge in [0.15, 0.2) is 0 Å². The molecule has 1 aliphatic heterocycles. The Balaban J connectivity index is 1.46. The maximum absolute atomic E-state index is 12.5. The number of carbonyl (C=O) groups is 1. The lowest BCUT2D eigenvalue weighted by Crippen LogP contribution is -2.39. The minimum Gasteiger partial charge on any atom is -0.362 e. The average molecular weight is 323 g/mol. The fourth-order valence-electron chi connectivity index (χ4n) is 3.83. The number of pyridine rings is 1. The highest BCUT2D eigenvalue weighted by Gasteiger charge is 2.25. The van der Waals surface area contributed by atoms with Crippen LogP contribution in [0.2, 0.25) is 0 Å². The molecular weight excluding hydrogens is 302 g/mol. The second-order valence-corrected chi connectivity index (χ2v) is 6.57. The van der Waals surface area contributed by atoms with E-state index < -0.39 is 0 Å². The predicted octanol–water partition coefficient (Wildman–Crippen LogP) is 1.93. The number of H-pyrrole nitrogens is 1. The van der Waals surface area contributed by atoms with Crippen molar-refractivity contribution in [1.82, 2.24) is 10.3 Å². The van der Waals surface area contributed by atoms with E-state index in [9.17, 15) is 9.59 Å². The quantitative estimate of drug-likeness (QED) is 0.907. The first-order valence-corrected chi connectivity index (χ1v) is 8.55. The molecule has 1 aromatic carbocycles. The molecule has 0 spiro atoms. The number of nitrogens with zero attached hydrogens (tertiary/aromatic N) is 1. The van der Waals surface area contributed by atoms with Crippen LogP contribution in [0.5, 0.6) is 0 Å². The van der Waals surface area contributed by atoms with Crippen LogP contribution in [0.25, 0.3) is 0 Å². The van der Waals surface area contributed by atoms with E-state index >= 15 is 0 Å². The number of anilines is 1. The van der Waals surface area contributed by atoms with Crippen LogP contribution in [0.4, 0.5) is 5.69 Å². The van der Waals surface area contributed by atoms with Gasteiger partial charge in [0.05, 0.1) is 12.6 Å². The zero-order valence-electron chi connectivity index (χ0n) is 13.5. The molecule has 2 aliphatic rings. The fraction of sp³-hybridized carbons (Fsp3) is 0.368. The highest BCUT2D eigenvalue weighted by atomic mass is 16.2. The molecule has 124 valence electrons. The van der Waals surface area contributed by atoms with Gasteiger partial charge in [-0.1, -0.05) is 18.2 Å². The van der Waals surface area contributed by atoms with Gasteiger partial charge >= 0.3 is 0 Å². The summed E-state index contributed by atoms with van der Waals surface area (Å²) in [7, 11) is 0. The number of hydrogen-bond donors (Lipinski definition) is 2. The second-order valence-electron chi connectivity index (χ2n) is 6.57. The van der Waals surface area contributed by atoms with Crippen molar-refractivity contribution in [2.45, 2.75) is 31.7 Å². The lowest BCUT2D eigenvalue weighted by molar-refractivity contribution is -0.120. The van der Waals surface area contributed by atoms with Crippen molar-refractivity contribution in [1.29, 1.82) is 0 Å². The largest absolute Gasteiger partial charge is 0.362 e. The Bertz CT molecular complexity index is 827. The summed E-state index contributed by atoms with van der Waals surface area (Å²) in [6.45, 7) is 1.27. The van der Waals surface area contributed by atoms with Crippen LogP contribution in [0, 0.1) is 0 Å². The van der Waals surface area contributed by atoms with Gasteiger partial charge in [0.25, 0.3) is 0 Å². The molecule has 4 rings (SSSR count). The number of carbonyl (C=O) groups excluding carboxylic acids is 1. The summed E-state index contributed by atoms with van der Waals surface area (Å²) in [4.78, 5) is 29.0. The molecule has 5 heteroatoms. The number of amides is 1. The number of hydrogen-bond acceptors (Lipinski definition) is 3. The molecule has 2 aromatic rings. The third-order valence-electron chi connectivity index (χ3n) is 4.98. The highest BCUT2D eigenvalue weighted by Crippen LogP contribution is 2.29. The van der Waals surface area contributed by atoms with Gasteiger partial charge in [-0.05, 0) is 48.9 Å². The van der Waals surface area contributed by atoms with E-state index in [4.69, 9.17) is 0 Å². The molecule has 1 aliphatic carbocycles. The summed E-state index contributed by atoms with van der Waals surface area (Å²) in [5, 5.41) is 3.15. The molecular formula is C19H21N3O2. The molecule has 1 aromatic heterocycles. The molecule has 1 atom stereocenters. The van der Waals surface area contributed by atoms with Crippen molar-refractivity contribution >= 4 is 11.6 Å². The van der Waals surface area contributed by atoms with Crippen LogP contribution >= 0.6 is 0 Å². The molecule has 1 amide bonds. The molecule has 5 nitrogen and oxygen atoms in total. The van der Waals surface area contributed by atoms with Crippen molar-refractivity contribution in [3.63, 3.8) is 0 Å². The topological polar surface area (TPSA) is 65.2 Å². The molecule has 0 bridgehead atoms. The van der Waals surface area contributed by atoms with Gasteiger partial charge in [-0.3, -0.25) is 9.59 Å². The first-order valence-electron chi connectivity index (χ1n) is 8.55. The lowest BCUT2D eigenvalue weighted by Gasteiger charge is -2.27. The highest BCUT2D eigenvalue weighted by molar-refractivity contribution is 5.82. The van der Waals surface area contributed by atoms with Crippen molar-refractivity contribution in [3.8, 4) is 0 Å². The van der Waals surface area contributed by atoms with Crippen LogP contribution in [0.1, 0.15) is 35.7 Å². The number of benzene rings is 1. The summed E-state index contributed by atoms with van der Waals surface area (Å²) < 4.78 is 0. The number of aromatic nitrogens is 1. The third-order valence-corrected chi connectivity index (χ3v) is 4.98. The van der Waals surface area contributed by atoms with E-state index in [1.807, 2.05) is 18.2 Å². The minimum atomic E-state index is -0.0746. The van der Waals surface area contributed by atoms with Gasteiger partial charge in [0, 0.05) is 24.0 Å². The van der Waals surface area contributed by atoms with Crippen LogP contribution in [-0.2, 0) is 17.6 Å². The van der Waals surface area contributed by atoms with Gasteiger partial charge in [-0.15, -0.1) is 0 Å². The maximum Gasteiger partial charge on any atom is 0.248 e. The average Bonchev–Trinajstić information content (AvgIpc) is 2.98. The minimum absolute atomic E-state index is 0.00375. The zero-order chi connectivity index (χ0) is 16.5.